The van der Waals surface area contributed by atoms with Crippen LogP contribution in [0, 0.1) is 0 Å². The maximum atomic E-state index is 11.8. The fourth-order valence-corrected chi connectivity index (χ4v) is 2.58. The summed E-state index contributed by atoms with van der Waals surface area (Å²) in [4.78, 5) is 4.33. The summed E-state index contributed by atoms with van der Waals surface area (Å²) in [5.41, 5.74) is 0. The van der Waals surface area contributed by atoms with E-state index < -0.39 is 10.0 Å². The smallest absolute Gasteiger partial charge is 0.243 e. The first-order valence-corrected chi connectivity index (χ1v) is 7.44. The van der Waals surface area contributed by atoms with E-state index >= 15 is 0 Å². The van der Waals surface area contributed by atoms with Crippen molar-refractivity contribution < 1.29 is 12.9 Å². The number of sulfonamides is 1. The van der Waals surface area contributed by atoms with Crippen molar-refractivity contribution in [1.29, 1.82) is 0 Å². The molecule has 0 unspecified atom stereocenters. The molecule has 0 atom stereocenters. The summed E-state index contributed by atoms with van der Waals surface area (Å²) in [6.07, 6.45) is 5.15. The van der Waals surface area contributed by atoms with E-state index in [9.17, 15) is 8.42 Å². The first kappa shape index (κ1) is 12.3. The molecule has 2 aromatic heterocycles. The maximum Gasteiger partial charge on any atom is 0.243 e. The molecule has 3 rings (SSSR count). The van der Waals surface area contributed by atoms with Crippen molar-refractivity contribution >= 4 is 10.0 Å². The lowest BCUT2D eigenvalue weighted by molar-refractivity contribution is 0.373. The monoisotopic (exact) mass is 283 g/mol. The molecular formula is C10H13N5O3S. The number of aromatic nitrogens is 4. The van der Waals surface area contributed by atoms with Crippen molar-refractivity contribution in [2.45, 2.75) is 30.1 Å². The summed E-state index contributed by atoms with van der Waals surface area (Å²) in [6.45, 7) is 0.208. The van der Waals surface area contributed by atoms with Gasteiger partial charge < -0.3 is 4.52 Å². The Labute approximate surface area is 109 Å². The van der Waals surface area contributed by atoms with Crippen LogP contribution in [0.3, 0.4) is 0 Å². The van der Waals surface area contributed by atoms with E-state index in [1.807, 2.05) is 0 Å². The van der Waals surface area contributed by atoms with E-state index in [-0.39, 0.29) is 11.4 Å². The molecule has 0 amide bonds. The Morgan fingerprint density at radius 1 is 1.47 bits per heavy atom. The Morgan fingerprint density at radius 3 is 3.00 bits per heavy atom. The van der Waals surface area contributed by atoms with Gasteiger partial charge in [-0.3, -0.25) is 5.10 Å². The van der Waals surface area contributed by atoms with E-state index in [1.54, 1.807) is 0 Å². The van der Waals surface area contributed by atoms with E-state index in [2.05, 4.69) is 25.1 Å². The van der Waals surface area contributed by atoms with Crippen molar-refractivity contribution in [1.82, 2.24) is 25.1 Å². The van der Waals surface area contributed by atoms with Crippen molar-refractivity contribution in [2.75, 3.05) is 6.54 Å². The normalized spacial score (nSPS) is 15.8. The van der Waals surface area contributed by atoms with Crippen LogP contribution in [0.1, 0.15) is 30.5 Å². The molecule has 0 aromatic carbocycles. The number of hydrogen-bond acceptors (Lipinski definition) is 6. The minimum atomic E-state index is -3.52. The average Bonchev–Trinajstić information content (AvgIpc) is 2.92. The molecule has 0 bridgehead atoms. The fraction of sp³-hybridized carbons (Fsp3) is 0.500. The minimum absolute atomic E-state index is 0.108. The third kappa shape index (κ3) is 2.82. The van der Waals surface area contributed by atoms with Gasteiger partial charge >= 0.3 is 0 Å². The lowest BCUT2D eigenvalue weighted by Crippen LogP contribution is -2.25. The zero-order valence-electron chi connectivity index (χ0n) is 10.0. The van der Waals surface area contributed by atoms with Gasteiger partial charge in [-0.05, 0) is 12.8 Å². The molecule has 0 spiro atoms. The molecule has 1 saturated carbocycles. The minimum Gasteiger partial charge on any atom is -0.339 e. The number of hydrogen-bond donors (Lipinski definition) is 2. The molecular weight excluding hydrogens is 270 g/mol. The molecule has 9 heteroatoms. The van der Waals surface area contributed by atoms with Gasteiger partial charge in [0.15, 0.2) is 5.82 Å². The van der Waals surface area contributed by atoms with Crippen LogP contribution < -0.4 is 4.72 Å². The highest BCUT2D eigenvalue weighted by Crippen LogP contribution is 2.38. The fourth-order valence-electron chi connectivity index (χ4n) is 1.64. The molecule has 1 aliphatic rings. The Hall–Kier alpha value is -1.74. The molecule has 19 heavy (non-hydrogen) atoms. The molecule has 2 aromatic rings. The van der Waals surface area contributed by atoms with E-state index in [0.717, 1.165) is 18.7 Å². The largest absolute Gasteiger partial charge is 0.339 e. The molecule has 0 saturated heterocycles. The third-order valence-corrected chi connectivity index (χ3v) is 4.27. The van der Waals surface area contributed by atoms with Crippen LogP contribution in [0.2, 0.25) is 0 Å². The van der Waals surface area contributed by atoms with Crippen molar-refractivity contribution in [3.63, 3.8) is 0 Å². The Bertz CT molecular complexity index is 645. The second-order valence-corrected chi connectivity index (χ2v) is 6.17. The molecule has 8 nitrogen and oxygen atoms in total. The van der Waals surface area contributed by atoms with E-state index in [4.69, 9.17) is 4.52 Å². The van der Waals surface area contributed by atoms with E-state index in [0.29, 0.717) is 18.2 Å². The Kier molecular flexibility index (Phi) is 3.07. The van der Waals surface area contributed by atoms with Gasteiger partial charge in [-0.2, -0.15) is 10.1 Å². The van der Waals surface area contributed by atoms with Crippen LogP contribution in [0.15, 0.2) is 21.8 Å². The van der Waals surface area contributed by atoms with E-state index in [1.165, 1.54) is 12.4 Å². The second-order valence-electron chi connectivity index (χ2n) is 4.40. The summed E-state index contributed by atoms with van der Waals surface area (Å²) < 4.78 is 31.0. The summed E-state index contributed by atoms with van der Waals surface area (Å²) in [5.74, 6) is 1.62. The lowest BCUT2D eigenvalue weighted by Gasteiger charge is -2.01. The van der Waals surface area contributed by atoms with Crippen LogP contribution in [0.5, 0.6) is 0 Å². The molecule has 2 heterocycles. The average molecular weight is 283 g/mol. The topological polar surface area (TPSA) is 114 Å². The summed E-state index contributed by atoms with van der Waals surface area (Å²) in [5, 5.41) is 9.92. The summed E-state index contributed by atoms with van der Waals surface area (Å²) >= 11 is 0. The molecule has 1 aliphatic carbocycles. The molecule has 102 valence electrons. The Balaban J connectivity index is 1.55. The molecule has 0 radical (unpaired) electrons. The van der Waals surface area contributed by atoms with Gasteiger partial charge in [0.1, 0.15) is 4.90 Å². The van der Waals surface area contributed by atoms with Gasteiger partial charge in [-0.25, -0.2) is 13.1 Å². The SMILES string of the molecule is O=S(=O)(NCCc1nc(C2CC2)no1)c1cn[nH]c1. The number of aromatic amines is 1. The molecule has 0 aliphatic heterocycles. The van der Waals surface area contributed by atoms with Crippen molar-refractivity contribution in [2.24, 2.45) is 0 Å². The van der Waals surface area contributed by atoms with Crippen LogP contribution in [-0.4, -0.2) is 35.3 Å². The van der Waals surface area contributed by atoms with Crippen molar-refractivity contribution in [3.05, 3.63) is 24.1 Å². The predicted molar refractivity (Wildman–Crippen MR) is 63.8 cm³/mol. The number of rotatable bonds is 6. The van der Waals surface area contributed by atoms with Crippen LogP contribution in [-0.2, 0) is 16.4 Å². The second kappa shape index (κ2) is 4.74. The highest BCUT2D eigenvalue weighted by Gasteiger charge is 2.28. The first-order valence-electron chi connectivity index (χ1n) is 5.96. The summed E-state index contributed by atoms with van der Waals surface area (Å²) in [6, 6.07) is 0. The zero-order valence-corrected chi connectivity index (χ0v) is 10.9. The maximum absolute atomic E-state index is 11.8. The number of nitrogens with one attached hydrogen (secondary N) is 2. The predicted octanol–water partition coefficient (Wildman–Crippen LogP) is 0.191. The number of H-pyrrole nitrogens is 1. The highest BCUT2D eigenvalue weighted by atomic mass is 32.2. The van der Waals surface area contributed by atoms with Crippen LogP contribution >= 0.6 is 0 Å². The van der Waals surface area contributed by atoms with Crippen LogP contribution in [0.25, 0.3) is 0 Å². The van der Waals surface area contributed by atoms with Gasteiger partial charge in [-0.1, -0.05) is 5.16 Å². The van der Waals surface area contributed by atoms with Gasteiger partial charge in [0.2, 0.25) is 15.9 Å². The quantitative estimate of drug-likeness (QED) is 0.782. The van der Waals surface area contributed by atoms with Gasteiger partial charge in [0, 0.05) is 25.1 Å². The van der Waals surface area contributed by atoms with Gasteiger partial charge in [0.25, 0.3) is 0 Å². The summed E-state index contributed by atoms with van der Waals surface area (Å²) in [7, 11) is -3.52. The molecule has 2 N–H and O–H groups in total. The Morgan fingerprint density at radius 2 is 2.32 bits per heavy atom. The zero-order chi connectivity index (χ0) is 13.3. The van der Waals surface area contributed by atoms with Crippen molar-refractivity contribution in [3.8, 4) is 0 Å². The first-order chi connectivity index (χ1) is 9.15. The standard InChI is InChI=1S/C10H13N5O3S/c16-19(17,8-5-11-12-6-8)13-4-3-9-14-10(15-18-9)7-1-2-7/h5-7,13H,1-4H2,(H,11,12). The molecule has 1 fully saturated rings. The van der Waals surface area contributed by atoms with Gasteiger partial charge in [-0.15, -0.1) is 0 Å². The van der Waals surface area contributed by atoms with Crippen LogP contribution in [0.4, 0.5) is 0 Å². The highest BCUT2D eigenvalue weighted by molar-refractivity contribution is 7.89. The number of nitrogens with zero attached hydrogens (tertiary/aromatic N) is 3. The lowest BCUT2D eigenvalue weighted by atomic mass is 10.4. The third-order valence-electron chi connectivity index (χ3n) is 2.84. The van der Waals surface area contributed by atoms with Gasteiger partial charge in [0.05, 0.1) is 6.20 Å².